The summed E-state index contributed by atoms with van der Waals surface area (Å²) in [6.07, 6.45) is 0. The molecule has 398 valence electrons. The van der Waals surface area contributed by atoms with E-state index in [1.165, 1.54) is 123 Å². The highest BCUT2D eigenvalue weighted by molar-refractivity contribution is 5.99. The minimum Gasteiger partial charge on any atom is -0.310 e. The lowest BCUT2D eigenvalue weighted by Crippen LogP contribution is -2.38. The summed E-state index contributed by atoms with van der Waals surface area (Å²) in [5, 5.41) is 0. The molecule has 0 radical (unpaired) electrons. The normalized spacial score (nSPS) is 14.6. The largest absolute Gasteiger partial charge is 0.310 e. The van der Waals surface area contributed by atoms with E-state index in [9.17, 15) is 0 Å². The minimum atomic E-state index is -0.782. The maximum absolute atomic E-state index is 2.65. The molecule has 0 bridgehead atoms. The fourth-order valence-electron chi connectivity index (χ4n) is 14.9. The first-order valence-corrected chi connectivity index (χ1v) is 29.3. The standard InChI is InChI=1S/C81H64N2/c1-53-27-37-61(38-28-53)80(62-39-29-54(2)30-40-62)71-47-57(5)35-45-75(71)82(65-23-15-9-16-24-65)77-51-69-67(49-73(77)80)68-50-74-78(52-70(68)79(69,59-19-11-7-12-20-59)60-21-13-8-14-22-60)83(66-25-17-10-18-26-66)76-46-36-58(6)48-72(76)81(74,63-41-31-55(3)32-42-63)64-43-33-56(4)34-44-64/h7-52H,1-6H3. The van der Waals surface area contributed by atoms with Crippen molar-refractivity contribution in [3.05, 3.63) is 379 Å². The van der Waals surface area contributed by atoms with Crippen molar-refractivity contribution in [2.75, 3.05) is 9.80 Å². The van der Waals surface area contributed by atoms with Crippen molar-refractivity contribution in [3.63, 3.8) is 0 Å². The first-order valence-electron chi connectivity index (χ1n) is 29.3. The second-order valence-corrected chi connectivity index (χ2v) is 23.7. The summed E-state index contributed by atoms with van der Waals surface area (Å²) >= 11 is 0. The van der Waals surface area contributed by atoms with Crippen molar-refractivity contribution in [1.82, 2.24) is 0 Å². The van der Waals surface area contributed by atoms with Crippen molar-refractivity contribution in [3.8, 4) is 11.1 Å². The topological polar surface area (TPSA) is 6.48 Å². The molecule has 0 aromatic heterocycles. The van der Waals surface area contributed by atoms with E-state index < -0.39 is 16.2 Å². The third kappa shape index (κ3) is 7.35. The number of hydrogen-bond acceptors (Lipinski definition) is 2. The average molecular weight is 1070 g/mol. The van der Waals surface area contributed by atoms with Crippen LogP contribution < -0.4 is 9.80 Å². The van der Waals surface area contributed by atoms with Gasteiger partial charge in [0, 0.05) is 11.4 Å². The number of hydrogen-bond donors (Lipinski definition) is 0. The maximum atomic E-state index is 2.65. The molecule has 0 unspecified atom stereocenters. The van der Waals surface area contributed by atoms with Crippen LogP contribution in [-0.4, -0.2) is 0 Å². The number of nitrogens with zero attached hydrogens (tertiary/aromatic N) is 2. The van der Waals surface area contributed by atoms with Crippen LogP contribution in [0.3, 0.4) is 0 Å². The van der Waals surface area contributed by atoms with E-state index in [4.69, 9.17) is 0 Å². The highest BCUT2D eigenvalue weighted by Crippen LogP contribution is 2.67. The van der Waals surface area contributed by atoms with E-state index >= 15 is 0 Å². The molecule has 12 aromatic carbocycles. The summed E-state index contributed by atoms with van der Waals surface area (Å²) < 4.78 is 0. The first kappa shape index (κ1) is 50.2. The maximum Gasteiger partial charge on any atom is 0.0742 e. The van der Waals surface area contributed by atoms with Gasteiger partial charge in [0.15, 0.2) is 0 Å². The molecule has 2 nitrogen and oxygen atoms in total. The number of anilines is 6. The van der Waals surface area contributed by atoms with E-state index in [1.807, 2.05) is 0 Å². The summed E-state index contributed by atoms with van der Waals surface area (Å²) in [7, 11) is 0. The minimum absolute atomic E-state index is 0.744. The van der Waals surface area contributed by atoms with Crippen LogP contribution in [0.2, 0.25) is 0 Å². The Kier molecular flexibility index (Phi) is 11.6. The molecule has 83 heavy (non-hydrogen) atoms. The monoisotopic (exact) mass is 1060 g/mol. The van der Waals surface area contributed by atoms with Crippen LogP contribution in [0.1, 0.15) is 100 Å². The lowest BCUT2D eigenvalue weighted by molar-refractivity contribution is 0.721. The molecular formula is C81H64N2. The number of para-hydroxylation sites is 2. The molecule has 15 rings (SSSR count). The molecule has 3 aliphatic rings. The zero-order chi connectivity index (χ0) is 56.2. The summed E-state index contributed by atoms with van der Waals surface area (Å²) in [6, 6.07) is 107. The van der Waals surface area contributed by atoms with Crippen molar-refractivity contribution in [2.45, 2.75) is 57.8 Å². The van der Waals surface area contributed by atoms with Crippen molar-refractivity contribution in [2.24, 2.45) is 0 Å². The van der Waals surface area contributed by atoms with Crippen molar-refractivity contribution >= 4 is 34.1 Å². The Morgan fingerprint density at radius 2 is 0.458 bits per heavy atom. The number of fused-ring (bicyclic) bond motifs is 7. The van der Waals surface area contributed by atoms with Crippen molar-refractivity contribution < 1.29 is 0 Å². The highest BCUT2D eigenvalue weighted by Gasteiger charge is 2.54. The third-order valence-electron chi connectivity index (χ3n) is 18.6. The van der Waals surface area contributed by atoms with Gasteiger partial charge in [-0.15, -0.1) is 0 Å². The SMILES string of the molecule is Cc1ccc(C2(c3ccc(C)cc3)c3cc(C)ccc3N(c3ccccc3)c3cc4c(cc32)-c2cc3c(cc2C4(c2ccccc2)c2ccccc2)N(c2ccccc2)c2ccc(C)cc2C3(c2ccc(C)cc2)c2ccc(C)cc2)cc1. The second-order valence-electron chi connectivity index (χ2n) is 23.7. The first-order chi connectivity index (χ1) is 40.6. The molecule has 2 aliphatic heterocycles. The van der Waals surface area contributed by atoms with Gasteiger partial charge in [-0.2, -0.15) is 0 Å². The predicted octanol–water partition coefficient (Wildman–Crippen LogP) is 20.2. The fraction of sp³-hybridized carbons (Fsp3) is 0.111. The Bertz CT molecular complexity index is 4070. The molecule has 0 saturated carbocycles. The zero-order valence-electron chi connectivity index (χ0n) is 48.0. The van der Waals surface area contributed by atoms with Crippen LogP contribution >= 0.6 is 0 Å². The Morgan fingerprint density at radius 1 is 0.205 bits per heavy atom. The van der Waals surface area contributed by atoms with E-state index in [1.54, 1.807) is 0 Å². The third-order valence-corrected chi connectivity index (χ3v) is 18.6. The molecule has 0 amide bonds. The summed E-state index contributed by atoms with van der Waals surface area (Å²) in [5.74, 6) is 0. The van der Waals surface area contributed by atoms with E-state index in [0.717, 1.165) is 22.7 Å². The van der Waals surface area contributed by atoms with Crippen LogP contribution in [0.15, 0.2) is 279 Å². The van der Waals surface area contributed by atoms with Gasteiger partial charge in [0.05, 0.1) is 39.0 Å². The van der Waals surface area contributed by atoms with Gasteiger partial charge < -0.3 is 9.80 Å². The molecule has 1 aliphatic carbocycles. The molecule has 12 aromatic rings. The quantitative estimate of drug-likeness (QED) is 0.150. The van der Waals surface area contributed by atoms with Crippen LogP contribution in [0.4, 0.5) is 34.1 Å². The highest BCUT2D eigenvalue weighted by atomic mass is 15.2. The molecule has 0 spiro atoms. The smallest absolute Gasteiger partial charge is 0.0742 e. The molecule has 2 heteroatoms. The number of rotatable bonds is 8. The Hall–Kier alpha value is -9.76. The van der Waals surface area contributed by atoms with E-state index in [2.05, 4.69) is 330 Å². The average Bonchev–Trinajstić information content (AvgIpc) is 1.76. The lowest BCUT2D eigenvalue weighted by Gasteiger charge is -2.47. The molecule has 0 atom stereocenters. The van der Waals surface area contributed by atoms with Crippen LogP contribution in [0.5, 0.6) is 0 Å². The van der Waals surface area contributed by atoms with Crippen LogP contribution in [-0.2, 0) is 16.2 Å². The lowest BCUT2D eigenvalue weighted by atomic mass is 9.61. The summed E-state index contributed by atoms with van der Waals surface area (Å²) in [6.45, 7) is 13.3. The molecular weight excluding hydrogens is 1000 g/mol. The van der Waals surface area contributed by atoms with Gasteiger partial charge in [0.2, 0.25) is 0 Å². The van der Waals surface area contributed by atoms with E-state index in [-0.39, 0.29) is 0 Å². The summed E-state index contributed by atoms with van der Waals surface area (Å²) in [5.41, 5.74) is 29.3. The predicted molar refractivity (Wildman–Crippen MR) is 345 cm³/mol. The van der Waals surface area contributed by atoms with Gasteiger partial charge in [-0.25, -0.2) is 0 Å². The van der Waals surface area contributed by atoms with Crippen LogP contribution in [0.25, 0.3) is 11.1 Å². The summed E-state index contributed by atoms with van der Waals surface area (Å²) in [4.78, 5) is 5.13. The van der Waals surface area contributed by atoms with Gasteiger partial charge in [0.25, 0.3) is 0 Å². The Balaban J connectivity index is 1.17. The van der Waals surface area contributed by atoms with Crippen molar-refractivity contribution in [1.29, 1.82) is 0 Å². The molecule has 0 fully saturated rings. The molecule has 0 saturated heterocycles. The van der Waals surface area contributed by atoms with Crippen LogP contribution in [0, 0.1) is 41.5 Å². The fourth-order valence-corrected chi connectivity index (χ4v) is 14.9. The van der Waals surface area contributed by atoms with Gasteiger partial charge in [-0.05, 0) is 180 Å². The van der Waals surface area contributed by atoms with Gasteiger partial charge in [-0.3, -0.25) is 0 Å². The second kappa shape index (κ2) is 19.2. The number of aryl methyl sites for hydroxylation is 6. The zero-order valence-corrected chi connectivity index (χ0v) is 48.0. The van der Waals surface area contributed by atoms with Gasteiger partial charge >= 0.3 is 0 Å². The van der Waals surface area contributed by atoms with Gasteiger partial charge in [0.1, 0.15) is 0 Å². The Labute approximate surface area is 489 Å². The molecule has 0 N–H and O–H groups in total. The molecule has 2 heterocycles. The number of benzene rings is 12. The van der Waals surface area contributed by atoms with E-state index in [0.29, 0.717) is 0 Å². The Morgan fingerprint density at radius 3 is 0.771 bits per heavy atom. The van der Waals surface area contributed by atoms with Gasteiger partial charge in [-0.1, -0.05) is 252 Å².